The summed E-state index contributed by atoms with van der Waals surface area (Å²) in [5.41, 5.74) is -2.58. The summed E-state index contributed by atoms with van der Waals surface area (Å²) in [5, 5.41) is 8.61. The Morgan fingerprint density at radius 2 is 1.94 bits per heavy atom. The van der Waals surface area contributed by atoms with Gasteiger partial charge >= 0.3 is 5.97 Å². The van der Waals surface area contributed by atoms with E-state index in [0.717, 1.165) is 4.40 Å². The quantitative estimate of drug-likeness (QED) is 0.795. The van der Waals surface area contributed by atoms with E-state index >= 15 is 0 Å². The molecule has 0 fully saturated rings. The number of hydrogen-bond acceptors (Lipinski definition) is 2. The molecule has 0 saturated carbocycles. The van der Waals surface area contributed by atoms with Crippen LogP contribution in [0.25, 0.3) is 5.52 Å². The Balaban J connectivity index is 3.07. The standard InChI is InChI=1S/C10H5F2NO3/c11-7-5-3-1-2-4-13(5)9(14)6(8(7)12)10(15)16/h1-4H,(H,15,16). The van der Waals surface area contributed by atoms with Gasteiger partial charge in [-0.1, -0.05) is 6.07 Å². The predicted octanol–water partition coefficient (Wildman–Crippen LogP) is 1.28. The molecular formula is C10H5F2NO3. The van der Waals surface area contributed by atoms with Crippen LogP contribution in [-0.4, -0.2) is 15.5 Å². The summed E-state index contributed by atoms with van der Waals surface area (Å²) in [4.78, 5) is 22.1. The zero-order valence-corrected chi connectivity index (χ0v) is 7.78. The minimum atomic E-state index is -1.79. The zero-order valence-electron chi connectivity index (χ0n) is 7.78. The molecule has 2 aromatic rings. The molecule has 82 valence electrons. The van der Waals surface area contributed by atoms with Crippen LogP contribution in [0.2, 0.25) is 0 Å². The van der Waals surface area contributed by atoms with Gasteiger partial charge in [-0.15, -0.1) is 0 Å². The maximum absolute atomic E-state index is 13.4. The number of carboxylic acid groups (broad SMARTS) is 1. The van der Waals surface area contributed by atoms with E-state index in [9.17, 15) is 18.4 Å². The van der Waals surface area contributed by atoms with Crippen LogP contribution >= 0.6 is 0 Å². The van der Waals surface area contributed by atoms with Crippen molar-refractivity contribution in [1.29, 1.82) is 0 Å². The highest BCUT2D eigenvalue weighted by Gasteiger charge is 2.22. The average molecular weight is 225 g/mol. The number of halogens is 2. The van der Waals surface area contributed by atoms with Crippen molar-refractivity contribution < 1.29 is 18.7 Å². The molecule has 0 unspecified atom stereocenters. The summed E-state index contributed by atoms with van der Waals surface area (Å²) in [7, 11) is 0. The molecule has 0 aliphatic heterocycles. The molecule has 2 heterocycles. The van der Waals surface area contributed by atoms with Crippen LogP contribution in [0, 0.1) is 11.6 Å². The molecule has 0 aliphatic carbocycles. The van der Waals surface area contributed by atoms with Gasteiger partial charge in [-0.25, -0.2) is 13.6 Å². The van der Waals surface area contributed by atoms with Crippen LogP contribution in [0.1, 0.15) is 10.4 Å². The van der Waals surface area contributed by atoms with E-state index < -0.39 is 28.7 Å². The lowest BCUT2D eigenvalue weighted by Crippen LogP contribution is -2.25. The first-order valence-corrected chi connectivity index (χ1v) is 4.25. The van der Waals surface area contributed by atoms with Crippen molar-refractivity contribution in [3.05, 3.63) is 51.9 Å². The van der Waals surface area contributed by atoms with Crippen LogP contribution < -0.4 is 5.56 Å². The van der Waals surface area contributed by atoms with E-state index in [0.29, 0.717) is 0 Å². The highest BCUT2D eigenvalue weighted by molar-refractivity contribution is 5.88. The normalized spacial score (nSPS) is 10.6. The number of nitrogens with zero attached hydrogens (tertiary/aromatic N) is 1. The summed E-state index contributed by atoms with van der Waals surface area (Å²) in [5.74, 6) is -4.78. The molecule has 0 aliphatic rings. The lowest BCUT2D eigenvalue weighted by atomic mass is 10.2. The topological polar surface area (TPSA) is 58.8 Å². The highest BCUT2D eigenvalue weighted by Crippen LogP contribution is 2.13. The summed E-state index contributed by atoms with van der Waals surface area (Å²) < 4.78 is 27.4. The molecule has 0 aromatic carbocycles. The van der Waals surface area contributed by atoms with Crippen LogP contribution in [0.5, 0.6) is 0 Å². The lowest BCUT2D eigenvalue weighted by molar-refractivity contribution is 0.0688. The van der Waals surface area contributed by atoms with Gasteiger partial charge in [0.05, 0.1) is 5.52 Å². The van der Waals surface area contributed by atoms with Gasteiger partial charge in [0, 0.05) is 6.20 Å². The number of carbonyl (C=O) groups is 1. The number of rotatable bonds is 1. The summed E-state index contributed by atoms with van der Waals surface area (Å²) in [6.45, 7) is 0. The van der Waals surface area contributed by atoms with Gasteiger partial charge in [0.2, 0.25) is 0 Å². The summed E-state index contributed by atoms with van der Waals surface area (Å²) in [6.07, 6.45) is 1.17. The molecule has 4 nitrogen and oxygen atoms in total. The Morgan fingerprint density at radius 1 is 1.25 bits per heavy atom. The molecule has 0 radical (unpaired) electrons. The Bertz CT molecular complexity index is 648. The fourth-order valence-electron chi connectivity index (χ4n) is 1.42. The van der Waals surface area contributed by atoms with E-state index in [2.05, 4.69) is 0 Å². The molecule has 0 spiro atoms. The van der Waals surface area contributed by atoms with Crippen LogP contribution in [-0.2, 0) is 0 Å². The summed E-state index contributed by atoms with van der Waals surface area (Å²) in [6, 6.07) is 4.01. The maximum Gasteiger partial charge on any atom is 0.344 e. The Labute approximate surface area is 87.4 Å². The molecule has 2 aromatic heterocycles. The second-order valence-corrected chi connectivity index (χ2v) is 3.07. The largest absolute Gasteiger partial charge is 0.477 e. The van der Waals surface area contributed by atoms with Gasteiger partial charge in [-0.2, -0.15) is 0 Å². The van der Waals surface area contributed by atoms with Crippen LogP contribution in [0.15, 0.2) is 29.2 Å². The number of aromatic carboxylic acids is 1. The van der Waals surface area contributed by atoms with Crippen molar-refractivity contribution in [2.45, 2.75) is 0 Å². The second-order valence-electron chi connectivity index (χ2n) is 3.07. The summed E-state index contributed by atoms with van der Waals surface area (Å²) >= 11 is 0. The number of fused-ring (bicyclic) bond motifs is 1. The predicted molar refractivity (Wildman–Crippen MR) is 50.5 cm³/mol. The van der Waals surface area contributed by atoms with Crippen LogP contribution in [0.3, 0.4) is 0 Å². The Hall–Kier alpha value is -2.24. The van der Waals surface area contributed by atoms with Gasteiger partial charge in [0.25, 0.3) is 5.56 Å². The fourth-order valence-corrected chi connectivity index (χ4v) is 1.42. The Morgan fingerprint density at radius 3 is 2.56 bits per heavy atom. The fraction of sp³-hybridized carbons (Fsp3) is 0. The van der Waals surface area contributed by atoms with Gasteiger partial charge in [0.1, 0.15) is 0 Å². The van der Waals surface area contributed by atoms with Crippen molar-refractivity contribution in [3.63, 3.8) is 0 Å². The maximum atomic E-state index is 13.4. The molecule has 1 N–H and O–H groups in total. The SMILES string of the molecule is O=C(O)c1c(F)c(F)c2ccccn2c1=O. The molecule has 0 atom stereocenters. The van der Waals surface area contributed by atoms with Crippen molar-refractivity contribution in [2.24, 2.45) is 0 Å². The molecule has 0 amide bonds. The monoisotopic (exact) mass is 225 g/mol. The van der Waals surface area contributed by atoms with Crippen molar-refractivity contribution in [1.82, 2.24) is 4.40 Å². The van der Waals surface area contributed by atoms with E-state index in [4.69, 9.17) is 5.11 Å². The lowest BCUT2D eigenvalue weighted by Gasteiger charge is -2.04. The third kappa shape index (κ3) is 1.27. The minimum absolute atomic E-state index is 0.296. The number of aromatic nitrogens is 1. The third-order valence-electron chi connectivity index (χ3n) is 2.14. The zero-order chi connectivity index (χ0) is 11.9. The smallest absolute Gasteiger partial charge is 0.344 e. The second kappa shape index (κ2) is 3.41. The number of carboxylic acids is 1. The van der Waals surface area contributed by atoms with E-state index in [1.165, 1.54) is 24.4 Å². The average Bonchev–Trinajstić information content (AvgIpc) is 2.26. The Kier molecular flexibility index (Phi) is 2.19. The minimum Gasteiger partial charge on any atom is -0.477 e. The molecule has 0 bridgehead atoms. The molecule has 16 heavy (non-hydrogen) atoms. The van der Waals surface area contributed by atoms with Crippen molar-refractivity contribution >= 4 is 11.5 Å². The van der Waals surface area contributed by atoms with Gasteiger partial charge < -0.3 is 5.11 Å². The van der Waals surface area contributed by atoms with Crippen molar-refractivity contribution in [2.75, 3.05) is 0 Å². The van der Waals surface area contributed by atoms with E-state index in [1.54, 1.807) is 0 Å². The number of hydrogen-bond donors (Lipinski definition) is 1. The van der Waals surface area contributed by atoms with Crippen molar-refractivity contribution in [3.8, 4) is 0 Å². The van der Waals surface area contributed by atoms with Gasteiger partial charge in [-0.3, -0.25) is 9.20 Å². The highest BCUT2D eigenvalue weighted by atomic mass is 19.2. The first kappa shape index (κ1) is 10.3. The van der Waals surface area contributed by atoms with Gasteiger partial charge in [0.15, 0.2) is 17.2 Å². The molecular weight excluding hydrogens is 220 g/mol. The van der Waals surface area contributed by atoms with E-state index in [1.807, 2.05) is 0 Å². The molecule has 2 rings (SSSR count). The van der Waals surface area contributed by atoms with E-state index in [-0.39, 0.29) is 5.52 Å². The van der Waals surface area contributed by atoms with Gasteiger partial charge in [-0.05, 0) is 12.1 Å². The first-order chi connectivity index (χ1) is 7.54. The van der Waals surface area contributed by atoms with Crippen LogP contribution in [0.4, 0.5) is 8.78 Å². The first-order valence-electron chi connectivity index (χ1n) is 4.25. The molecule has 0 saturated heterocycles. The molecule has 6 heteroatoms. The third-order valence-corrected chi connectivity index (χ3v) is 2.14. The number of pyridine rings is 2.